The standard InChI is InChI=1S/C19H20N2O3/c1-24-19(23)17-12-20-11-15-13-21(10-9-16(15)17)18(22)8-7-14-5-3-2-4-6-14/h2-6,11-12H,7-10,13H2,1H3. The summed E-state index contributed by atoms with van der Waals surface area (Å²) in [6.07, 6.45) is 5.16. The second-order valence-electron chi connectivity index (χ2n) is 5.87. The maximum Gasteiger partial charge on any atom is 0.339 e. The Morgan fingerprint density at radius 1 is 1.21 bits per heavy atom. The highest BCUT2D eigenvalue weighted by Crippen LogP contribution is 2.23. The Kier molecular flexibility index (Phi) is 4.89. The summed E-state index contributed by atoms with van der Waals surface area (Å²) in [5.41, 5.74) is 3.55. The van der Waals surface area contributed by atoms with Gasteiger partial charge in [-0.25, -0.2) is 4.79 Å². The Labute approximate surface area is 141 Å². The molecule has 0 N–H and O–H groups in total. The number of hydrogen-bond acceptors (Lipinski definition) is 4. The first kappa shape index (κ1) is 16.2. The number of nitrogens with zero attached hydrogens (tertiary/aromatic N) is 2. The SMILES string of the molecule is COC(=O)c1cncc2c1CCN(C(=O)CCc1ccccc1)C2. The van der Waals surface area contributed by atoms with Gasteiger partial charge in [0.1, 0.15) is 0 Å². The third kappa shape index (κ3) is 3.45. The molecular weight excluding hydrogens is 304 g/mol. The Morgan fingerprint density at radius 3 is 2.75 bits per heavy atom. The summed E-state index contributed by atoms with van der Waals surface area (Å²) in [6.45, 7) is 1.12. The molecular formula is C19H20N2O3. The number of pyridine rings is 1. The lowest BCUT2D eigenvalue weighted by molar-refractivity contribution is -0.132. The Hall–Kier alpha value is -2.69. The van der Waals surface area contributed by atoms with Crippen LogP contribution in [0.4, 0.5) is 0 Å². The van der Waals surface area contributed by atoms with E-state index < -0.39 is 0 Å². The fourth-order valence-electron chi connectivity index (χ4n) is 3.05. The van der Waals surface area contributed by atoms with E-state index in [-0.39, 0.29) is 11.9 Å². The predicted molar refractivity (Wildman–Crippen MR) is 89.5 cm³/mol. The van der Waals surface area contributed by atoms with Crippen LogP contribution < -0.4 is 0 Å². The molecule has 24 heavy (non-hydrogen) atoms. The lowest BCUT2D eigenvalue weighted by Crippen LogP contribution is -2.36. The minimum Gasteiger partial charge on any atom is -0.465 e. The van der Waals surface area contributed by atoms with Crippen molar-refractivity contribution in [2.45, 2.75) is 25.8 Å². The van der Waals surface area contributed by atoms with Crippen molar-refractivity contribution in [3.05, 3.63) is 65.0 Å². The molecule has 2 aromatic rings. The summed E-state index contributed by atoms with van der Waals surface area (Å²) < 4.78 is 4.80. The number of aromatic nitrogens is 1. The van der Waals surface area contributed by atoms with Crippen LogP contribution in [-0.2, 0) is 28.9 Å². The molecule has 0 spiro atoms. The van der Waals surface area contributed by atoms with E-state index in [1.807, 2.05) is 35.2 Å². The first-order valence-corrected chi connectivity index (χ1v) is 8.05. The van der Waals surface area contributed by atoms with E-state index in [9.17, 15) is 9.59 Å². The summed E-state index contributed by atoms with van der Waals surface area (Å²) in [5.74, 6) is -0.240. The Balaban J connectivity index is 1.66. The van der Waals surface area contributed by atoms with Crippen molar-refractivity contribution in [2.75, 3.05) is 13.7 Å². The zero-order valence-electron chi connectivity index (χ0n) is 13.7. The molecule has 0 fully saturated rings. The van der Waals surface area contributed by atoms with E-state index in [1.54, 1.807) is 6.20 Å². The summed E-state index contributed by atoms with van der Waals surface area (Å²) in [6, 6.07) is 10.0. The van der Waals surface area contributed by atoms with Gasteiger partial charge in [-0.05, 0) is 29.5 Å². The van der Waals surface area contributed by atoms with Crippen LogP contribution in [0.1, 0.15) is 33.5 Å². The molecule has 3 rings (SSSR count). The highest BCUT2D eigenvalue weighted by Gasteiger charge is 2.24. The minimum absolute atomic E-state index is 0.132. The number of amides is 1. The quantitative estimate of drug-likeness (QED) is 0.810. The number of benzene rings is 1. The maximum atomic E-state index is 12.5. The first-order chi connectivity index (χ1) is 11.7. The van der Waals surface area contributed by atoms with Crippen LogP contribution in [0.25, 0.3) is 0 Å². The number of fused-ring (bicyclic) bond motifs is 1. The average Bonchev–Trinajstić information content (AvgIpc) is 2.65. The lowest BCUT2D eigenvalue weighted by atomic mass is 9.96. The van der Waals surface area contributed by atoms with E-state index in [4.69, 9.17) is 4.74 Å². The molecule has 0 atom stereocenters. The zero-order valence-corrected chi connectivity index (χ0v) is 13.7. The van der Waals surface area contributed by atoms with Crippen LogP contribution in [0.5, 0.6) is 0 Å². The molecule has 0 bridgehead atoms. The second kappa shape index (κ2) is 7.25. The van der Waals surface area contributed by atoms with Crippen LogP contribution in [0.2, 0.25) is 0 Å². The third-order valence-corrected chi connectivity index (χ3v) is 4.37. The molecule has 0 saturated carbocycles. The van der Waals surface area contributed by atoms with Crippen LogP contribution >= 0.6 is 0 Å². The van der Waals surface area contributed by atoms with Gasteiger partial charge in [0.2, 0.25) is 5.91 Å². The highest BCUT2D eigenvalue weighted by molar-refractivity contribution is 5.91. The van der Waals surface area contributed by atoms with Crippen LogP contribution in [0, 0.1) is 0 Å². The van der Waals surface area contributed by atoms with Gasteiger partial charge in [0, 0.05) is 31.9 Å². The topological polar surface area (TPSA) is 59.5 Å². The first-order valence-electron chi connectivity index (χ1n) is 8.05. The number of carbonyl (C=O) groups is 2. The third-order valence-electron chi connectivity index (χ3n) is 4.37. The molecule has 124 valence electrons. The van der Waals surface area contributed by atoms with Gasteiger partial charge in [-0.1, -0.05) is 30.3 Å². The summed E-state index contributed by atoms with van der Waals surface area (Å²) in [5, 5.41) is 0. The fourth-order valence-corrected chi connectivity index (χ4v) is 3.05. The summed E-state index contributed by atoms with van der Waals surface area (Å²) in [4.78, 5) is 30.2. The minimum atomic E-state index is -0.372. The van der Waals surface area contributed by atoms with E-state index >= 15 is 0 Å². The summed E-state index contributed by atoms with van der Waals surface area (Å²) in [7, 11) is 1.37. The molecule has 0 radical (unpaired) electrons. The number of methoxy groups -OCH3 is 1. The Morgan fingerprint density at radius 2 is 2.00 bits per heavy atom. The van der Waals surface area contributed by atoms with Crippen LogP contribution in [0.3, 0.4) is 0 Å². The molecule has 0 aliphatic carbocycles. The van der Waals surface area contributed by atoms with Gasteiger partial charge in [0.05, 0.1) is 12.7 Å². The van der Waals surface area contributed by atoms with Gasteiger partial charge in [0.15, 0.2) is 0 Å². The van der Waals surface area contributed by atoms with Crippen molar-refractivity contribution in [2.24, 2.45) is 0 Å². The molecule has 1 aliphatic rings. The molecule has 1 aromatic heterocycles. The largest absolute Gasteiger partial charge is 0.465 e. The second-order valence-corrected chi connectivity index (χ2v) is 5.87. The van der Waals surface area contributed by atoms with Gasteiger partial charge < -0.3 is 9.64 Å². The molecule has 2 heterocycles. The molecule has 1 aliphatic heterocycles. The number of aryl methyl sites for hydroxylation is 1. The number of ether oxygens (including phenoxy) is 1. The Bertz CT molecular complexity index is 744. The zero-order chi connectivity index (χ0) is 16.9. The van der Waals surface area contributed by atoms with Gasteiger partial charge in [-0.3, -0.25) is 9.78 Å². The predicted octanol–water partition coefficient (Wildman–Crippen LogP) is 2.39. The van der Waals surface area contributed by atoms with Crippen molar-refractivity contribution >= 4 is 11.9 Å². The van der Waals surface area contributed by atoms with E-state index in [1.165, 1.54) is 13.3 Å². The summed E-state index contributed by atoms with van der Waals surface area (Å²) >= 11 is 0. The van der Waals surface area contributed by atoms with Gasteiger partial charge in [0.25, 0.3) is 0 Å². The van der Waals surface area contributed by atoms with Crippen molar-refractivity contribution in [3.8, 4) is 0 Å². The normalized spacial score (nSPS) is 13.3. The number of carbonyl (C=O) groups excluding carboxylic acids is 2. The van der Waals surface area contributed by atoms with Gasteiger partial charge in [-0.15, -0.1) is 0 Å². The van der Waals surface area contributed by atoms with Gasteiger partial charge in [-0.2, -0.15) is 0 Å². The number of hydrogen-bond donors (Lipinski definition) is 0. The molecule has 1 amide bonds. The van der Waals surface area contributed by atoms with Crippen LogP contribution in [0.15, 0.2) is 42.7 Å². The average molecular weight is 324 g/mol. The number of esters is 1. The monoisotopic (exact) mass is 324 g/mol. The maximum absolute atomic E-state index is 12.5. The van der Waals surface area contributed by atoms with E-state index in [0.717, 1.165) is 23.1 Å². The molecule has 1 aromatic carbocycles. The van der Waals surface area contributed by atoms with Crippen molar-refractivity contribution < 1.29 is 14.3 Å². The molecule has 5 heteroatoms. The van der Waals surface area contributed by atoms with Crippen molar-refractivity contribution in [1.29, 1.82) is 0 Å². The molecule has 5 nitrogen and oxygen atoms in total. The van der Waals surface area contributed by atoms with E-state index in [0.29, 0.717) is 31.5 Å². The fraction of sp³-hybridized carbons (Fsp3) is 0.316. The molecule has 0 saturated heterocycles. The highest BCUT2D eigenvalue weighted by atomic mass is 16.5. The lowest BCUT2D eigenvalue weighted by Gasteiger charge is -2.29. The number of rotatable bonds is 4. The van der Waals surface area contributed by atoms with Gasteiger partial charge >= 0.3 is 5.97 Å². The van der Waals surface area contributed by atoms with Crippen LogP contribution in [-0.4, -0.2) is 35.4 Å². The smallest absolute Gasteiger partial charge is 0.339 e. The van der Waals surface area contributed by atoms with Crippen molar-refractivity contribution in [1.82, 2.24) is 9.88 Å². The molecule has 0 unspecified atom stereocenters. The van der Waals surface area contributed by atoms with Crippen molar-refractivity contribution in [3.63, 3.8) is 0 Å². The van der Waals surface area contributed by atoms with E-state index in [2.05, 4.69) is 4.98 Å².